The third kappa shape index (κ3) is 4.71. The smallest absolute Gasteiger partial charge is 0.329 e. The quantitative estimate of drug-likeness (QED) is 0.754. The largest absolute Gasteiger partial charge is 0.480 e. The fraction of sp³-hybridized carbons (Fsp3) is 0.769. The third-order valence-corrected chi connectivity index (χ3v) is 3.09. The molecule has 7 heteroatoms. The van der Waals surface area contributed by atoms with E-state index in [-0.39, 0.29) is 18.5 Å². The highest BCUT2D eigenvalue weighted by atomic mass is 16.4. The first-order valence-corrected chi connectivity index (χ1v) is 6.59. The first kappa shape index (κ1) is 18.2. The van der Waals surface area contributed by atoms with Crippen LogP contribution in [0.15, 0.2) is 0 Å². The molecule has 0 aliphatic rings. The van der Waals surface area contributed by atoms with Gasteiger partial charge in [-0.2, -0.15) is 0 Å². The molecular formula is C13H25N3O4. The Morgan fingerprint density at radius 2 is 1.75 bits per heavy atom. The number of rotatable bonds is 6. The fourth-order valence-corrected chi connectivity index (χ4v) is 1.45. The molecule has 0 saturated carbocycles. The first-order chi connectivity index (χ1) is 9.03. The third-order valence-electron chi connectivity index (χ3n) is 3.09. The van der Waals surface area contributed by atoms with Crippen LogP contribution < -0.4 is 5.32 Å². The predicted molar refractivity (Wildman–Crippen MR) is 75.4 cm³/mol. The van der Waals surface area contributed by atoms with Gasteiger partial charge in [0, 0.05) is 19.6 Å². The maximum absolute atomic E-state index is 12.3. The molecule has 0 spiro atoms. The summed E-state index contributed by atoms with van der Waals surface area (Å²) in [4.78, 5) is 37.5. The molecule has 116 valence electrons. The van der Waals surface area contributed by atoms with Crippen molar-refractivity contribution in [2.75, 3.05) is 20.1 Å². The zero-order chi connectivity index (χ0) is 16.1. The molecule has 0 heterocycles. The number of urea groups is 1. The summed E-state index contributed by atoms with van der Waals surface area (Å²) in [5, 5.41) is 11.8. The van der Waals surface area contributed by atoms with Crippen LogP contribution in [-0.2, 0) is 9.59 Å². The summed E-state index contributed by atoms with van der Waals surface area (Å²) < 4.78 is 0. The zero-order valence-electron chi connectivity index (χ0n) is 13.1. The number of carbonyl (C=O) groups is 3. The summed E-state index contributed by atoms with van der Waals surface area (Å²) in [7, 11) is 1.42. The van der Waals surface area contributed by atoms with Gasteiger partial charge in [0.05, 0.1) is 0 Å². The van der Waals surface area contributed by atoms with Gasteiger partial charge in [-0.05, 0) is 34.6 Å². The number of amides is 3. The molecule has 7 nitrogen and oxygen atoms in total. The molecule has 0 aromatic rings. The molecule has 0 saturated heterocycles. The highest BCUT2D eigenvalue weighted by Crippen LogP contribution is 2.14. The lowest BCUT2D eigenvalue weighted by Gasteiger charge is -2.35. The van der Waals surface area contributed by atoms with Crippen molar-refractivity contribution in [1.29, 1.82) is 0 Å². The Morgan fingerprint density at radius 1 is 1.25 bits per heavy atom. The molecule has 0 radical (unpaired) electrons. The minimum atomic E-state index is -1.33. The topological polar surface area (TPSA) is 90.0 Å². The van der Waals surface area contributed by atoms with E-state index in [1.807, 2.05) is 13.8 Å². The lowest BCUT2D eigenvalue weighted by atomic mass is 10.0. The Kier molecular flexibility index (Phi) is 6.48. The van der Waals surface area contributed by atoms with Gasteiger partial charge in [-0.25, -0.2) is 9.59 Å². The number of nitrogens with one attached hydrogen (secondary N) is 1. The van der Waals surface area contributed by atoms with Crippen molar-refractivity contribution < 1.29 is 19.5 Å². The Bertz CT molecular complexity index is 380. The summed E-state index contributed by atoms with van der Waals surface area (Å²) in [5.74, 6) is -1.37. The molecule has 3 amide bonds. The molecule has 0 unspecified atom stereocenters. The summed E-state index contributed by atoms with van der Waals surface area (Å²) in [5.41, 5.74) is -1.33. The first-order valence-electron chi connectivity index (χ1n) is 6.59. The standard InChI is InChI=1S/C13H25N3O4/c1-7-16(8-10(17)14-9(2)3)12(20)15(6)13(4,5)11(18)19/h9H,7-8H2,1-6H3,(H,14,17)(H,18,19). The van der Waals surface area contributed by atoms with Crippen LogP contribution in [0.25, 0.3) is 0 Å². The fourth-order valence-electron chi connectivity index (χ4n) is 1.45. The van der Waals surface area contributed by atoms with E-state index in [9.17, 15) is 14.4 Å². The van der Waals surface area contributed by atoms with Crippen LogP contribution in [0.3, 0.4) is 0 Å². The Morgan fingerprint density at radius 3 is 2.10 bits per heavy atom. The van der Waals surface area contributed by atoms with E-state index in [0.717, 1.165) is 4.90 Å². The molecule has 0 aliphatic carbocycles. The molecule has 0 aliphatic heterocycles. The van der Waals surface area contributed by atoms with E-state index in [1.54, 1.807) is 6.92 Å². The monoisotopic (exact) mass is 287 g/mol. The highest BCUT2D eigenvalue weighted by Gasteiger charge is 2.37. The average molecular weight is 287 g/mol. The minimum Gasteiger partial charge on any atom is -0.480 e. The van der Waals surface area contributed by atoms with E-state index in [1.165, 1.54) is 25.8 Å². The van der Waals surface area contributed by atoms with E-state index in [2.05, 4.69) is 5.32 Å². The van der Waals surface area contributed by atoms with E-state index in [4.69, 9.17) is 5.11 Å². The second-order valence-electron chi connectivity index (χ2n) is 5.44. The van der Waals surface area contributed by atoms with Crippen LogP contribution in [0.1, 0.15) is 34.6 Å². The van der Waals surface area contributed by atoms with E-state index in [0.29, 0.717) is 6.54 Å². The minimum absolute atomic E-state index is 0.00972. The summed E-state index contributed by atoms with van der Waals surface area (Å²) in [6.45, 7) is 8.51. The molecule has 0 aromatic carbocycles. The number of likely N-dealkylation sites (N-methyl/N-ethyl adjacent to an activating group) is 2. The Labute approximate surface area is 119 Å². The van der Waals surface area contributed by atoms with Gasteiger partial charge in [0.1, 0.15) is 12.1 Å². The SMILES string of the molecule is CCN(CC(=O)NC(C)C)C(=O)N(C)C(C)(C)C(=O)O. The van der Waals surface area contributed by atoms with Crippen LogP contribution >= 0.6 is 0 Å². The van der Waals surface area contributed by atoms with Gasteiger partial charge < -0.3 is 20.2 Å². The van der Waals surface area contributed by atoms with Crippen LogP contribution in [0.5, 0.6) is 0 Å². The molecule has 2 N–H and O–H groups in total. The molecular weight excluding hydrogens is 262 g/mol. The zero-order valence-corrected chi connectivity index (χ0v) is 13.1. The van der Waals surface area contributed by atoms with Crippen molar-refractivity contribution in [2.45, 2.75) is 46.2 Å². The van der Waals surface area contributed by atoms with Gasteiger partial charge in [0.25, 0.3) is 0 Å². The predicted octanol–water partition coefficient (Wildman–Crippen LogP) is 0.748. The van der Waals surface area contributed by atoms with Gasteiger partial charge in [-0.15, -0.1) is 0 Å². The van der Waals surface area contributed by atoms with Gasteiger partial charge in [-0.3, -0.25) is 4.79 Å². The number of carbonyl (C=O) groups excluding carboxylic acids is 2. The number of nitrogens with zero attached hydrogens (tertiary/aromatic N) is 2. The lowest BCUT2D eigenvalue weighted by molar-refractivity contribution is -0.147. The van der Waals surface area contributed by atoms with Gasteiger partial charge in [0.15, 0.2) is 0 Å². The second kappa shape index (κ2) is 7.12. The van der Waals surface area contributed by atoms with Crippen molar-refractivity contribution >= 4 is 17.9 Å². The van der Waals surface area contributed by atoms with Gasteiger partial charge in [-0.1, -0.05) is 0 Å². The summed E-state index contributed by atoms with van der Waals surface area (Å²) in [6.07, 6.45) is 0. The maximum atomic E-state index is 12.3. The van der Waals surface area contributed by atoms with Crippen molar-refractivity contribution in [3.63, 3.8) is 0 Å². The molecule has 0 bridgehead atoms. The van der Waals surface area contributed by atoms with Crippen LogP contribution in [0, 0.1) is 0 Å². The number of carboxylic acid groups (broad SMARTS) is 1. The van der Waals surface area contributed by atoms with Gasteiger partial charge in [0.2, 0.25) is 5.91 Å². The van der Waals surface area contributed by atoms with Crippen LogP contribution in [0.2, 0.25) is 0 Å². The summed E-state index contributed by atoms with van der Waals surface area (Å²) in [6, 6.07) is -0.497. The van der Waals surface area contributed by atoms with E-state index >= 15 is 0 Å². The molecule has 0 rings (SSSR count). The molecule has 20 heavy (non-hydrogen) atoms. The number of carboxylic acids is 1. The molecule has 0 fully saturated rings. The molecule has 0 aromatic heterocycles. The number of aliphatic carboxylic acids is 1. The average Bonchev–Trinajstić information content (AvgIpc) is 2.32. The van der Waals surface area contributed by atoms with Crippen molar-refractivity contribution in [3.8, 4) is 0 Å². The lowest BCUT2D eigenvalue weighted by Crippen LogP contribution is -2.56. The van der Waals surface area contributed by atoms with Gasteiger partial charge >= 0.3 is 12.0 Å². The Hall–Kier alpha value is -1.79. The highest BCUT2D eigenvalue weighted by molar-refractivity contribution is 5.88. The van der Waals surface area contributed by atoms with Crippen molar-refractivity contribution in [2.24, 2.45) is 0 Å². The van der Waals surface area contributed by atoms with Crippen molar-refractivity contribution in [1.82, 2.24) is 15.1 Å². The number of hydrogen-bond acceptors (Lipinski definition) is 3. The van der Waals surface area contributed by atoms with E-state index < -0.39 is 17.5 Å². The molecule has 0 atom stereocenters. The van der Waals surface area contributed by atoms with Crippen LogP contribution in [-0.4, -0.2) is 64.5 Å². The number of hydrogen-bond donors (Lipinski definition) is 2. The normalized spacial score (nSPS) is 11.2. The summed E-state index contributed by atoms with van der Waals surface area (Å²) >= 11 is 0. The maximum Gasteiger partial charge on any atom is 0.329 e. The Balaban J connectivity index is 4.86. The second-order valence-corrected chi connectivity index (χ2v) is 5.44. The van der Waals surface area contributed by atoms with Crippen molar-refractivity contribution in [3.05, 3.63) is 0 Å². The van der Waals surface area contributed by atoms with Crippen LogP contribution in [0.4, 0.5) is 4.79 Å².